The van der Waals surface area contributed by atoms with Gasteiger partial charge in [-0.1, -0.05) is 42.5 Å². The predicted molar refractivity (Wildman–Crippen MR) is 106 cm³/mol. The average Bonchev–Trinajstić information content (AvgIpc) is 3.03. The lowest BCUT2D eigenvalue weighted by Gasteiger charge is -2.44. The molecule has 1 aliphatic carbocycles. The lowest BCUT2D eigenvalue weighted by molar-refractivity contribution is -0.142. The molecule has 1 spiro atoms. The highest BCUT2D eigenvalue weighted by atomic mass is 19.1. The Balaban J connectivity index is 1.78. The highest BCUT2D eigenvalue weighted by Crippen LogP contribution is 2.60. The summed E-state index contributed by atoms with van der Waals surface area (Å²) in [4.78, 5) is 26.4. The second-order valence-corrected chi connectivity index (χ2v) is 7.91. The lowest BCUT2D eigenvalue weighted by Crippen LogP contribution is -2.49. The number of para-hydroxylation sites is 1. The summed E-state index contributed by atoms with van der Waals surface area (Å²) in [6.07, 6.45) is 0.291. The van der Waals surface area contributed by atoms with Crippen LogP contribution >= 0.6 is 0 Å². The van der Waals surface area contributed by atoms with Crippen LogP contribution in [0.3, 0.4) is 0 Å². The molecule has 0 radical (unpaired) electrons. The van der Waals surface area contributed by atoms with Crippen LogP contribution in [-0.2, 0) is 15.0 Å². The van der Waals surface area contributed by atoms with E-state index in [1.807, 2.05) is 12.1 Å². The number of carbonyl (C=O) groups excluding carboxylic acids is 2. The third kappa shape index (κ3) is 2.69. The van der Waals surface area contributed by atoms with E-state index in [-0.39, 0.29) is 30.3 Å². The second kappa shape index (κ2) is 6.87. The number of benzene rings is 3. The summed E-state index contributed by atoms with van der Waals surface area (Å²) >= 11 is 0. The summed E-state index contributed by atoms with van der Waals surface area (Å²) < 4.78 is 32.9. The normalized spacial score (nSPS) is 25.3. The Morgan fingerprint density at radius 3 is 1.77 bits per heavy atom. The molecular weight excluding hydrogens is 386 g/mol. The van der Waals surface area contributed by atoms with Gasteiger partial charge >= 0.3 is 5.97 Å². The Morgan fingerprint density at radius 1 is 0.733 bits per heavy atom. The van der Waals surface area contributed by atoms with E-state index in [0.29, 0.717) is 22.4 Å². The Bertz CT molecular complexity index is 1080. The van der Waals surface area contributed by atoms with Crippen molar-refractivity contribution in [1.82, 2.24) is 0 Å². The van der Waals surface area contributed by atoms with E-state index in [0.717, 1.165) is 0 Å². The minimum atomic E-state index is -1.15. The zero-order chi connectivity index (χ0) is 20.9. The Hall–Kier alpha value is -3.34. The van der Waals surface area contributed by atoms with Gasteiger partial charge in [-0.2, -0.15) is 0 Å². The summed E-state index contributed by atoms with van der Waals surface area (Å²) in [6, 6.07) is 19.0. The van der Waals surface area contributed by atoms with E-state index >= 15 is 0 Å². The molecule has 2 aliphatic rings. The van der Waals surface area contributed by atoms with Gasteiger partial charge in [0.05, 0.1) is 0 Å². The number of esters is 1. The molecule has 1 saturated carbocycles. The molecular formula is C25H18F2O3. The Kier molecular flexibility index (Phi) is 4.28. The van der Waals surface area contributed by atoms with Crippen LogP contribution < -0.4 is 4.74 Å². The SMILES string of the molecule is O=C1C[C@H](c2ccc(F)cc2)C2(C(=O)Oc3ccccc32)[C@H](c2ccc(F)cc2)C1. The zero-order valence-electron chi connectivity index (χ0n) is 16.0. The lowest BCUT2D eigenvalue weighted by atomic mass is 9.54. The van der Waals surface area contributed by atoms with Crippen LogP contribution in [0.2, 0.25) is 0 Å². The summed E-state index contributed by atoms with van der Waals surface area (Å²) in [5, 5.41) is 0. The molecule has 3 aromatic carbocycles. The molecule has 1 fully saturated rings. The molecule has 30 heavy (non-hydrogen) atoms. The third-order valence-corrected chi connectivity index (χ3v) is 6.38. The van der Waals surface area contributed by atoms with Crippen molar-refractivity contribution < 1.29 is 23.1 Å². The predicted octanol–water partition coefficient (Wildman–Crippen LogP) is 5.05. The molecule has 5 heteroatoms. The first-order valence-electron chi connectivity index (χ1n) is 9.84. The van der Waals surface area contributed by atoms with Crippen LogP contribution in [-0.4, -0.2) is 11.8 Å². The largest absolute Gasteiger partial charge is 0.426 e. The van der Waals surface area contributed by atoms with Crippen molar-refractivity contribution in [3.8, 4) is 5.75 Å². The maximum atomic E-state index is 13.6. The van der Waals surface area contributed by atoms with E-state index in [1.165, 1.54) is 24.3 Å². The smallest absolute Gasteiger partial charge is 0.323 e. The van der Waals surface area contributed by atoms with Crippen LogP contribution in [0.4, 0.5) is 8.78 Å². The summed E-state index contributed by atoms with van der Waals surface area (Å²) in [5.41, 5.74) is 0.960. The van der Waals surface area contributed by atoms with Gasteiger partial charge in [0.15, 0.2) is 0 Å². The zero-order valence-corrected chi connectivity index (χ0v) is 16.0. The van der Waals surface area contributed by atoms with Gasteiger partial charge in [-0.25, -0.2) is 8.78 Å². The number of ketones is 1. The number of carbonyl (C=O) groups is 2. The molecule has 3 aromatic rings. The second-order valence-electron chi connectivity index (χ2n) is 7.91. The minimum Gasteiger partial charge on any atom is -0.426 e. The number of ether oxygens (including phenoxy) is 1. The molecule has 3 atom stereocenters. The van der Waals surface area contributed by atoms with Gasteiger partial charge in [-0.15, -0.1) is 0 Å². The van der Waals surface area contributed by atoms with Crippen LogP contribution in [0.15, 0.2) is 72.8 Å². The minimum absolute atomic E-state index is 0.00135. The number of hydrogen-bond donors (Lipinski definition) is 0. The molecule has 0 saturated heterocycles. The Morgan fingerprint density at radius 2 is 1.23 bits per heavy atom. The Labute approximate surface area is 172 Å². The van der Waals surface area contributed by atoms with E-state index in [4.69, 9.17) is 4.74 Å². The molecule has 0 aromatic heterocycles. The third-order valence-electron chi connectivity index (χ3n) is 6.38. The molecule has 150 valence electrons. The molecule has 0 N–H and O–H groups in total. The van der Waals surface area contributed by atoms with E-state index < -0.39 is 23.2 Å². The van der Waals surface area contributed by atoms with Gasteiger partial charge in [0, 0.05) is 30.2 Å². The topological polar surface area (TPSA) is 43.4 Å². The van der Waals surface area contributed by atoms with E-state index in [1.54, 1.807) is 36.4 Å². The summed E-state index contributed by atoms with van der Waals surface area (Å²) in [6.45, 7) is 0. The monoisotopic (exact) mass is 404 g/mol. The van der Waals surface area contributed by atoms with Gasteiger partial charge in [0.25, 0.3) is 0 Å². The first-order valence-corrected chi connectivity index (χ1v) is 9.84. The number of rotatable bonds is 2. The van der Waals surface area contributed by atoms with Gasteiger partial charge < -0.3 is 4.74 Å². The van der Waals surface area contributed by atoms with Crippen LogP contribution in [0.1, 0.15) is 41.4 Å². The standard InChI is InChI=1S/C25H18F2O3/c26-17-9-5-15(6-10-17)21-13-19(28)14-22(16-7-11-18(27)12-8-16)25(21)20-3-1-2-4-23(20)30-24(25)29/h1-12,21-22H,13-14H2/t21-,22+,25?. The molecule has 1 unspecified atom stereocenters. The molecule has 1 aliphatic heterocycles. The van der Waals surface area contributed by atoms with Crippen molar-refractivity contribution in [2.45, 2.75) is 30.1 Å². The van der Waals surface area contributed by atoms with Crippen molar-refractivity contribution in [3.05, 3.63) is 101 Å². The van der Waals surface area contributed by atoms with Gasteiger partial charge in [0.2, 0.25) is 0 Å². The molecule has 0 amide bonds. The van der Waals surface area contributed by atoms with Crippen LogP contribution in [0.25, 0.3) is 0 Å². The first-order chi connectivity index (χ1) is 14.5. The van der Waals surface area contributed by atoms with Gasteiger partial charge in [0.1, 0.15) is 28.6 Å². The molecule has 5 rings (SSSR count). The van der Waals surface area contributed by atoms with Crippen LogP contribution in [0.5, 0.6) is 5.75 Å². The number of hydrogen-bond acceptors (Lipinski definition) is 3. The fraction of sp³-hybridized carbons (Fsp3) is 0.200. The summed E-state index contributed by atoms with van der Waals surface area (Å²) in [5.74, 6) is -1.78. The van der Waals surface area contributed by atoms with Gasteiger partial charge in [-0.3, -0.25) is 9.59 Å². The summed E-state index contributed by atoms with van der Waals surface area (Å²) in [7, 11) is 0. The van der Waals surface area contributed by atoms with Crippen molar-refractivity contribution in [3.63, 3.8) is 0 Å². The van der Waals surface area contributed by atoms with Crippen LogP contribution in [0, 0.1) is 11.6 Å². The van der Waals surface area contributed by atoms with Crippen molar-refractivity contribution in [1.29, 1.82) is 0 Å². The first kappa shape index (κ1) is 18.7. The van der Waals surface area contributed by atoms with E-state index in [2.05, 4.69) is 0 Å². The maximum absolute atomic E-state index is 13.6. The molecule has 1 heterocycles. The van der Waals surface area contributed by atoms with Crippen molar-refractivity contribution in [2.75, 3.05) is 0 Å². The fourth-order valence-corrected chi connectivity index (χ4v) is 5.11. The molecule has 0 bridgehead atoms. The van der Waals surface area contributed by atoms with Gasteiger partial charge in [-0.05, 0) is 41.5 Å². The number of halogens is 2. The molecule has 3 nitrogen and oxygen atoms in total. The fourth-order valence-electron chi connectivity index (χ4n) is 5.11. The quantitative estimate of drug-likeness (QED) is 0.443. The number of fused-ring (bicyclic) bond motifs is 2. The van der Waals surface area contributed by atoms with E-state index in [9.17, 15) is 18.4 Å². The maximum Gasteiger partial charge on any atom is 0.323 e. The van der Waals surface area contributed by atoms with Crippen molar-refractivity contribution >= 4 is 11.8 Å². The number of Topliss-reactive ketones (excluding diaryl/α,β-unsaturated/α-hetero) is 1. The van der Waals surface area contributed by atoms with Crippen molar-refractivity contribution in [2.24, 2.45) is 0 Å². The highest BCUT2D eigenvalue weighted by Gasteiger charge is 2.62. The average molecular weight is 404 g/mol. The highest BCUT2D eigenvalue weighted by molar-refractivity contribution is 5.97.